The number of aliphatic hydroxyl groups excluding tert-OH is 1. The predicted molar refractivity (Wildman–Crippen MR) is 86.0 cm³/mol. The van der Waals surface area contributed by atoms with Crippen molar-refractivity contribution in [2.24, 2.45) is 0 Å². The van der Waals surface area contributed by atoms with Crippen LogP contribution in [0.15, 0.2) is 54.9 Å². The van der Waals surface area contributed by atoms with Crippen molar-refractivity contribution in [3.8, 4) is 0 Å². The fraction of sp³-hybridized carbons (Fsp3) is 0.222. The summed E-state index contributed by atoms with van der Waals surface area (Å²) in [5.74, 6) is -0.553. The Morgan fingerprint density at radius 3 is 2.92 bits per heavy atom. The molecule has 4 rings (SSSR count). The first-order valence-corrected chi connectivity index (χ1v) is 7.80. The van der Waals surface area contributed by atoms with Crippen LogP contribution < -0.4 is 0 Å². The normalized spacial score (nSPS) is 20.7. The Bertz CT molecular complexity index is 908. The molecule has 0 unspecified atom stereocenters. The van der Waals surface area contributed by atoms with E-state index in [0.717, 1.165) is 0 Å². The summed E-state index contributed by atoms with van der Waals surface area (Å²) in [5.41, 5.74) is 1.85. The third-order valence-electron chi connectivity index (χ3n) is 4.42. The Hall–Kier alpha value is -2.73. The highest BCUT2D eigenvalue weighted by Crippen LogP contribution is 2.33. The van der Waals surface area contributed by atoms with E-state index in [0.29, 0.717) is 23.3 Å². The van der Waals surface area contributed by atoms with Gasteiger partial charge in [-0.1, -0.05) is 18.2 Å². The smallest absolute Gasteiger partial charge is 0.271 e. The predicted octanol–water partition coefficient (Wildman–Crippen LogP) is 2.42. The number of β-amino-alcohol motifs (C(OH)–C–C–N with tert-alkyl or cyclic N) is 1. The molecule has 0 bridgehead atoms. The molecule has 0 spiro atoms. The summed E-state index contributed by atoms with van der Waals surface area (Å²) < 4.78 is 15.3. The van der Waals surface area contributed by atoms with Gasteiger partial charge in [0.15, 0.2) is 0 Å². The van der Waals surface area contributed by atoms with Gasteiger partial charge in [-0.2, -0.15) is 0 Å². The van der Waals surface area contributed by atoms with E-state index in [1.165, 1.54) is 12.1 Å². The second-order valence-electron chi connectivity index (χ2n) is 5.98. The van der Waals surface area contributed by atoms with E-state index in [1.54, 1.807) is 46.0 Å². The summed E-state index contributed by atoms with van der Waals surface area (Å²) in [6.45, 7) is 0.227. The lowest BCUT2D eigenvalue weighted by Gasteiger charge is -2.25. The van der Waals surface area contributed by atoms with Gasteiger partial charge in [-0.3, -0.25) is 9.20 Å². The van der Waals surface area contributed by atoms with E-state index in [2.05, 4.69) is 4.98 Å². The van der Waals surface area contributed by atoms with Crippen LogP contribution in [0.4, 0.5) is 4.39 Å². The Morgan fingerprint density at radius 1 is 1.25 bits per heavy atom. The molecule has 0 aliphatic carbocycles. The highest BCUT2D eigenvalue weighted by atomic mass is 19.1. The molecule has 0 saturated carbocycles. The number of aliphatic hydroxyl groups is 1. The van der Waals surface area contributed by atoms with Crippen LogP contribution in [0.25, 0.3) is 5.65 Å². The van der Waals surface area contributed by atoms with E-state index in [4.69, 9.17) is 0 Å². The lowest BCUT2D eigenvalue weighted by molar-refractivity contribution is 0.0708. The second kappa shape index (κ2) is 5.72. The van der Waals surface area contributed by atoms with Crippen LogP contribution in [0.5, 0.6) is 0 Å². The minimum atomic E-state index is -0.621. The summed E-state index contributed by atoms with van der Waals surface area (Å²) in [5, 5.41) is 10.1. The number of hydrogen-bond acceptors (Lipinski definition) is 3. The molecule has 1 fully saturated rings. The average Bonchev–Trinajstić information content (AvgIpc) is 3.20. The first-order chi connectivity index (χ1) is 11.6. The number of nitrogens with zero attached hydrogens (tertiary/aromatic N) is 3. The molecule has 1 aromatic carbocycles. The summed E-state index contributed by atoms with van der Waals surface area (Å²) in [7, 11) is 0. The van der Waals surface area contributed by atoms with Crippen molar-refractivity contribution in [2.45, 2.75) is 18.6 Å². The number of benzene rings is 1. The van der Waals surface area contributed by atoms with Crippen molar-refractivity contribution in [1.29, 1.82) is 0 Å². The van der Waals surface area contributed by atoms with Gasteiger partial charge in [0.25, 0.3) is 5.91 Å². The zero-order chi connectivity index (χ0) is 16.7. The average molecular weight is 325 g/mol. The van der Waals surface area contributed by atoms with Crippen LogP contribution in [0.3, 0.4) is 0 Å². The Labute approximate surface area is 138 Å². The SMILES string of the molecule is O=C(c1cccc2nccn12)N1C[C@H](O)C[C@H]1c1cccc(F)c1. The molecule has 3 heterocycles. The molecular weight excluding hydrogens is 309 g/mol. The molecule has 0 radical (unpaired) electrons. The fourth-order valence-corrected chi connectivity index (χ4v) is 3.34. The molecule has 3 aromatic rings. The number of likely N-dealkylation sites (tertiary alicyclic amines) is 1. The molecule has 2 aromatic heterocycles. The van der Waals surface area contributed by atoms with Crippen LogP contribution in [-0.4, -0.2) is 37.9 Å². The molecule has 2 atom stereocenters. The van der Waals surface area contributed by atoms with Crippen LogP contribution in [0.2, 0.25) is 0 Å². The van der Waals surface area contributed by atoms with Crippen LogP contribution in [0.1, 0.15) is 28.5 Å². The number of carbonyl (C=O) groups is 1. The van der Waals surface area contributed by atoms with E-state index in [9.17, 15) is 14.3 Å². The number of rotatable bonds is 2. The monoisotopic (exact) mass is 325 g/mol. The molecule has 1 N–H and O–H groups in total. The van der Waals surface area contributed by atoms with Crippen molar-refractivity contribution in [2.75, 3.05) is 6.54 Å². The van der Waals surface area contributed by atoms with Gasteiger partial charge >= 0.3 is 0 Å². The number of imidazole rings is 1. The number of amides is 1. The summed E-state index contributed by atoms with van der Waals surface area (Å²) in [4.78, 5) is 18.8. The molecule has 1 amide bonds. The lowest BCUT2D eigenvalue weighted by Crippen LogP contribution is -2.33. The van der Waals surface area contributed by atoms with Crippen molar-refractivity contribution < 1.29 is 14.3 Å². The number of carbonyl (C=O) groups excluding carboxylic acids is 1. The van der Waals surface area contributed by atoms with E-state index >= 15 is 0 Å². The number of pyridine rings is 1. The van der Waals surface area contributed by atoms with Gasteiger partial charge in [-0.15, -0.1) is 0 Å². The van der Waals surface area contributed by atoms with Gasteiger partial charge in [0.2, 0.25) is 0 Å². The van der Waals surface area contributed by atoms with Crippen molar-refractivity contribution in [1.82, 2.24) is 14.3 Å². The van der Waals surface area contributed by atoms with Gasteiger partial charge in [-0.25, -0.2) is 9.37 Å². The third-order valence-corrected chi connectivity index (χ3v) is 4.42. The van der Waals surface area contributed by atoms with Crippen LogP contribution in [-0.2, 0) is 0 Å². The molecule has 24 heavy (non-hydrogen) atoms. The third kappa shape index (κ3) is 2.45. The molecule has 1 aliphatic rings. The summed E-state index contributed by atoms with van der Waals surface area (Å²) in [6, 6.07) is 11.2. The topological polar surface area (TPSA) is 57.8 Å². The van der Waals surface area contributed by atoms with Gasteiger partial charge in [0, 0.05) is 18.9 Å². The Morgan fingerprint density at radius 2 is 2.08 bits per heavy atom. The molecule has 1 saturated heterocycles. The highest BCUT2D eigenvalue weighted by molar-refractivity contribution is 5.93. The summed E-state index contributed by atoms with van der Waals surface area (Å²) in [6.07, 6.45) is 3.14. The number of fused-ring (bicyclic) bond motifs is 1. The van der Waals surface area contributed by atoms with Crippen LogP contribution >= 0.6 is 0 Å². The molecule has 6 heteroatoms. The highest BCUT2D eigenvalue weighted by Gasteiger charge is 2.36. The van der Waals surface area contributed by atoms with Crippen LogP contribution in [0, 0.1) is 5.82 Å². The van der Waals surface area contributed by atoms with E-state index < -0.39 is 6.10 Å². The van der Waals surface area contributed by atoms with E-state index in [1.807, 2.05) is 6.07 Å². The maximum Gasteiger partial charge on any atom is 0.271 e. The molecule has 122 valence electrons. The van der Waals surface area contributed by atoms with Crippen molar-refractivity contribution >= 4 is 11.6 Å². The minimum Gasteiger partial charge on any atom is -0.391 e. The Kier molecular flexibility index (Phi) is 3.54. The number of halogens is 1. The van der Waals surface area contributed by atoms with Gasteiger partial charge in [0.05, 0.1) is 12.1 Å². The maximum absolute atomic E-state index is 13.6. The van der Waals surface area contributed by atoms with Gasteiger partial charge in [0.1, 0.15) is 17.2 Å². The zero-order valence-electron chi connectivity index (χ0n) is 12.8. The maximum atomic E-state index is 13.6. The quantitative estimate of drug-likeness (QED) is 0.787. The first kappa shape index (κ1) is 14.8. The first-order valence-electron chi connectivity index (χ1n) is 7.80. The fourth-order valence-electron chi connectivity index (χ4n) is 3.34. The zero-order valence-corrected chi connectivity index (χ0v) is 12.8. The summed E-state index contributed by atoms with van der Waals surface area (Å²) >= 11 is 0. The largest absolute Gasteiger partial charge is 0.391 e. The second-order valence-corrected chi connectivity index (χ2v) is 5.98. The number of hydrogen-bond donors (Lipinski definition) is 1. The standard InChI is InChI=1S/C18H16FN3O2/c19-13-4-1-3-12(9-13)16-10-14(23)11-22(16)18(24)15-5-2-6-17-20-7-8-21(15)17/h1-9,14,16,23H,10-11H2/t14-,16+/m1/s1. The molecule has 1 aliphatic heterocycles. The lowest BCUT2D eigenvalue weighted by atomic mass is 10.0. The minimum absolute atomic E-state index is 0.204. The number of aromatic nitrogens is 2. The van der Waals surface area contributed by atoms with Crippen molar-refractivity contribution in [3.05, 3.63) is 71.9 Å². The van der Waals surface area contributed by atoms with Crippen molar-refractivity contribution in [3.63, 3.8) is 0 Å². The van der Waals surface area contributed by atoms with Gasteiger partial charge < -0.3 is 10.0 Å². The van der Waals surface area contributed by atoms with E-state index in [-0.39, 0.29) is 24.3 Å². The molecule has 5 nitrogen and oxygen atoms in total. The van der Waals surface area contributed by atoms with Gasteiger partial charge in [-0.05, 0) is 36.2 Å². The molecular formula is C18H16FN3O2. The Balaban J connectivity index is 1.73.